The van der Waals surface area contributed by atoms with Crippen molar-refractivity contribution < 1.29 is 0 Å². The van der Waals surface area contributed by atoms with Gasteiger partial charge in [-0.25, -0.2) is 5.53 Å². The van der Waals surface area contributed by atoms with E-state index >= 15 is 0 Å². The molecule has 0 aliphatic carbocycles. The van der Waals surface area contributed by atoms with Gasteiger partial charge in [-0.05, 0) is 12.3 Å². The zero-order valence-electron chi connectivity index (χ0n) is 5.54. The molecular weight excluding hydrogens is 116 g/mol. The van der Waals surface area contributed by atoms with Gasteiger partial charge in [-0.1, -0.05) is 6.92 Å². The van der Waals surface area contributed by atoms with Crippen LogP contribution in [0.5, 0.6) is 0 Å². The molecule has 0 aromatic rings. The maximum absolute atomic E-state index is 6.52. The first-order valence-electron chi connectivity index (χ1n) is 2.86. The Kier molecular flexibility index (Phi) is 4.67. The maximum atomic E-state index is 6.52. The summed E-state index contributed by atoms with van der Waals surface area (Å²) in [5, 5.41) is 6.57. The lowest BCUT2D eigenvalue weighted by atomic mass is 10.1. The van der Waals surface area contributed by atoms with Crippen LogP contribution in [0.2, 0.25) is 0 Å². The smallest absolute Gasteiger partial charge is 0.0625 e. The summed E-state index contributed by atoms with van der Waals surface area (Å²) in [6.45, 7) is 2.56. The molecule has 3 N–H and O–H groups in total. The minimum atomic E-state index is 0.384. The molecule has 52 valence electrons. The Morgan fingerprint density at radius 3 is 2.89 bits per heavy atom. The summed E-state index contributed by atoms with van der Waals surface area (Å²) < 4.78 is 0. The van der Waals surface area contributed by atoms with Gasteiger partial charge in [-0.2, -0.15) is 10.2 Å². The Morgan fingerprint density at radius 2 is 2.44 bits per heavy atom. The van der Waals surface area contributed by atoms with Gasteiger partial charge in [-0.15, -0.1) is 0 Å². The number of nitrogens with one attached hydrogen (secondary N) is 1. The summed E-state index contributed by atoms with van der Waals surface area (Å²) in [5.74, 6) is 5.25. The predicted molar refractivity (Wildman–Crippen MR) is 36.5 cm³/mol. The third-order valence-electron chi connectivity index (χ3n) is 1.02. The molecule has 9 heavy (non-hydrogen) atoms. The quantitative estimate of drug-likeness (QED) is 0.252. The van der Waals surface area contributed by atoms with Crippen LogP contribution in [0.1, 0.15) is 13.3 Å². The average Bonchev–Trinajstić information content (AvgIpc) is 1.85. The summed E-state index contributed by atoms with van der Waals surface area (Å²) in [7, 11) is 0. The zero-order valence-corrected chi connectivity index (χ0v) is 5.54. The first kappa shape index (κ1) is 8.07. The van der Waals surface area contributed by atoms with E-state index in [4.69, 9.17) is 11.4 Å². The number of hydrazone groups is 1. The molecule has 0 fully saturated rings. The van der Waals surface area contributed by atoms with Crippen molar-refractivity contribution >= 4 is 6.21 Å². The van der Waals surface area contributed by atoms with E-state index in [1.807, 2.05) is 6.92 Å². The molecule has 0 bridgehead atoms. The standard InChI is InChI=1S/C5H12N4/c1-5(4-9-7)2-3-8-6/h3,5,7H,2,4,6H2,1H3/b8-3-,9-7?. The van der Waals surface area contributed by atoms with Crippen molar-refractivity contribution in [2.45, 2.75) is 13.3 Å². The lowest BCUT2D eigenvalue weighted by Crippen LogP contribution is -1.99. The summed E-state index contributed by atoms with van der Waals surface area (Å²) in [6.07, 6.45) is 2.44. The molecule has 0 aromatic heterocycles. The SMILES string of the molecule is CC(C/C=N\N)CN=N. The molecule has 0 aliphatic rings. The first-order valence-corrected chi connectivity index (χ1v) is 2.86. The Labute approximate surface area is 54.6 Å². The van der Waals surface area contributed by atoms with Gasteiger partial charge in [0.2, 0.25) is 0 Å². The van der Waals surface area contributed by atoms with Crippen molar-refractivity contribution in [3.05, 3.63) is 0 Å². The van der Waals surface area contributed by atoms with Crippen LogP contribution in [-0.4, -0.2) is 12.8 Å². The third-order valence-corrected chi connectivity index (χ3v) is 1.02. The van der Waals surface area contributed by atoms with Crippen molar-refractivity contribution in [3.8, 4) is 0 Å². The van der Waals surface area contributed by atoms with Crippen molar-refractivity contribution in [2.75, 3.05) is 6.54 Å². The van der Waals surface area contributed by atoms with E-state index in [1.165, 1.54) is 0 Å². The van der Waals surface area contributed by atoms with Crippen LogP contribution in [-0.2, 0) is 0 Å². The Bertz CT molecular complexity index is 99.1. The van der Waals surface area contributed by atoms with E-state index in [0.29, 0.717) is 12.5 Å². The summed E-state index contributed by atoms with van der Waals surface area (Å²) in [6, 6.07) is 0. The Balaban J connectivity index is 3.25. The average molecular weight is 128 g/mol. The fourth-order valence-corrected chi connectivity index (χ4v) is 0.471. The Morgan fingerprint density at radius 1 is 1.78 bits per heavy atom. The second-order valence-corrected chi connectivity index (χ2v) is 2.01. The topological polar surface area (TPSA) is 74.6 Å². The minimum absolute atomic E-state index is 0.384. The first-order chi connectivity index (χ1) is 4.31. The van der Waals surface area contributed by atoms with Crippen LogP contribution >= 0.6 is 0 Å². The summed E-state index contributed by atoms with van der Waals surface area (Å²) in [4.78, 5) is 0. The number of rotatable bonds is 4. The molecule has 0 saturated heterocycles. The van der Waals surface area contributed by atoms with E-state index in [-0.39, 0.29) is 0 Å². The van der Waals surface area contributed by atoms with Crippen LogP contribution in [0.3, 0.4) is 0 Å². The van der Waals surface area contributed by atoms with Gasteiger partial charge in [0.25, 0.3) is 0 Å². The molecule has 0 amide bonds. The fourth-order valence-electron chi connectivity index (χ4n) is 0.471. The second kappa shape index (κ2) is 5.21. The second-order valence-electron chi connectivity index (χ2n) is 2.01. The molecule has 0 aliphatic heterocycles. The summed E-state index contributed by atoms with van der Waals surface area (Å²) >= 11 is 0. The monoisotopic (exact) mass is 128 g/mol. The summed E-state index contributed by atoms with van der Waals surface area (Å²) in [5.41, 5.74) is 6.52. The normalized spacial score (nSPS) is 13.9. The molecular formula is C5H12N4. The number of hydrogen-bond acceptors (Lipinski definition) is 4. The minimum Gasteiger partial charge on any atom is -0.324 e. The molecule has 0 aromatic carbocycles. The lowest BCUT2D eigenvalue weighted by molar-refractivity contribution is 0.604. The molecule has 1 atom stereocenters. The van der Waals surface area contributed by atoms with Crippen LogP contribution in [0.4, 0.5) is 0 Å². The highest BCUT2D eigenvalue weighted by Crippen LogP contribution is 1.98. The molecule has 4 heteroatoms. The molecule has 0 heterocycles. The highest BCUT2D eigenvalue weighted by molar-refractivity contribution is 5.56. The van der Waals surface area contributed by atoms with Gasteiger partial charge < -0.3 is 5.84 Å². The molecule has 0 radical (unpaired) electrons. The molecule has 1 unspecified atom stereocenters. The van der Waals surface area contributed by atoms with E-state index in [1.54, 1.807) is 6.21 Å². The van der Waals surface area contributed by atoms with Gasteiger partial charge in [0, 0.05) is 6.21 Å². The zero-order chi connectivity index (χ0) is 7.11. The predicted octanol–water partition coefficient (Wildman–Crippen LogP) is 0.988. The third kappa shape index (κ3) is 4.93. The fraction of sp³-hybridized carbons (Fsp3) is 0.800. The number of nitrogens with zero attached hydrogens (tertiary/aromatic N) is 2. The molecule has 4 nitrogen and oxygen atoms in total. The molecule has 0 spiro atoms. The highest BCUT2D eigenvalue weighted by Gasteiger charge is 1.95. The van der Waals surface area contributed by atoms with Crippen molar-refractivity contribution in [3.63, 3.8) is 0 Å². The van der Waals surface area contributed by atoms with Gasteiger partial charge in [0.15, 0.2) is 0 Å². The van der Waals surface area contributed by atoms with Gasteiger partial charge in [0.05, 0.1) is 6.54 Å². The number of nitrogens with two attached hydrogens (primary N) is 1. The van der Waals surface area contributed by atoms with E-state index in [0.717, 1.165) is 6.42 Å². The van der Waals surface area contributed by atoms with Crippen molar-refractivity contribution in [1.29, 1.82) is 5.53 Å². The van der Waals surface area contributed by atoms with Crippen molar-refractivity contribution in [1.82, 2.24) is 0 Å². The van der Waals surface area contributed by atoms with Crippen molar-refractivity contribution in [2.24, 2.45) is 22.0 Å². The van der Waals surface area contributed by atoms with Crippen LogP contribution < -0.4 is 5.84 Å². The van der Waals surface area contributed by atoms with Gasteiger partial charge in [-0.3, -0.25) is 0 Å². The lowest BCUT2D eigenvalue weighted by Gasteiger charge is -1.99. The van der Waals surface area contributed by atoms with E-state index < -0.39 is 0 Å². The Hall–Kier alpha value is -0.930. The largest absolute Gasteiger partial charge is 0.324 e. The van der Waals surface area contributed by atoms with Gasteiger partial charge >= 0.3 is 0 Å². The van der Waals surface area contributed by atoms with Gasteiger partial charge in [0.1, 0.15) is 0 Å². The molecule has 0 saturated carbocycles. The van der Waals surface area contributed by atoms with Crippen LogP contribution in [0, 0.1) is 11.4 Å². The van der Waals surface area contributed by atoms with Crippen LogP contribution in [0.25, 0.3) is 0 Å². The maximum Gasteiger partial charge on any atom is 0.0625 e. The highest BCUT2D eigenvalue weighted by atomic mass is 15.1. The molecule has 0 rings (SSSR count). The van der Waals surface area contributed by atoms with Crippen LogP contribution in [0.15, 0.2) is 10.2 Å². The van der Waals surface area contributed by atoms with E-state index in [2.05, 4.69) is 10.2 Å². The number of hydrogen-bond donors (Lipinski definition) is 2. The van der Waals surface area contributed by atoms with E-state index in [9.17, 15) is 0 Å².